The molecule has 170 valence electrons. The molecule has 0 bridgehead atoms. The van der Waals surface area contributed by atoms with Gasteiger partial charge >= 0.3 is 6.18 Å². The summed E-state index contributed by atoms with van der Waals surface area (Å²) < 4.78 is 55.4. The highest BCUT2D eigenvalue weighted by molar-refractivity contribution is 5.95. The van der Waals surface area contributed by atoms with Crippen molar-refractivity contribution in [1.29, 1.82) is 0 Å². The number of benzene rings is 1. The van der Waals surface area contributed by atoms with E-state index in [0.29, 0.717) is 22.9 Å². The third kappa shape index (κ3) is 5.84. The Hall–Kier alpha value is -2.42. The first-order chi connectivity index (χ1) is 14.7. The zero-order valence-electron chi connectivity index (χ0n) is 17.8. The second-order valence-electron chi connectivity index (χ2n) is 8.44. The van der Waals surface area contributed by atoms with Gasteiger partial charge in [-0.15, -0.1) is 0 Å². The predicted molar refractivity (Wildman–Crippen MR) is 109 cm³/mol. The number of carbonyl (C=O) groups excluding carboxylic acids is 1. The third-order valence-electron chi connectivity index (χ3n) is 5.49. The molecule has 1 saturated heterocycles. The number of para-hydroxylation sites is 1. The highest BCUT2D eigenvalue weighted by Gasteiger charge is 2.41. The second-order valence-corrected chi connectivity index (χ2v) is 8.44. The molecule has 1 aliphatic rings. The molecule has 9 heteroatoms. The highest BCUT2D eigenvalue weighted by atomic mass is 19.4. The van der Waals surface area contributed by atoms with Gasteiger partial charge in [-0.1, -0.05) is 26.0 Å². The average Bonchev–Trinajstić information content (AvgIpc) is 3.13. The monoisotopic (exact) mass is 440 g/mol. The molecule has 0 radical (unpaired) electrons. The number of likely N-dealkylation sites (tertiary alicyclic amines) is 1. The first-order valence-electron chi connectivity index (χ1n) is 10.6. The van der Waals surface area contributed by atoms with E-state index in [2.05, 4.69) is 29.2 Å². The summed E-state index contributed by atoms with van der Waals surface area (Å²) in [5, 5.41) is 6.19. The Morgan fingerprint density at radius 1 is 1.16 bits per heavy atom. The lowest BCUT2D eigenvalue weighted by molar-refractivity contribution is -0.143. The van der Waals surface area contributed by atoms with Crippen molar-refractivity contribution in [3.05, 3.63) is 47.5 Å². The molecule has 1 fully saturated rings. The Morgan fingerprint density at radius 2 is 1.84 bits per heavy atom. The number of alkyl halides is 3. The van der Waals surface area contributed by atoms with Gasteiger partial charge in [0.05, 0.1) is 11.8 Å². The molecule has 1 aromatic heterocycles. The SMILES string of the molecule is CC1CC(C)CN(CCCCNC(=O)c2cnn(-c3ccccc3F)c2C(F)(F)F)C1. The minimum Gasteiger partial charge on any atom is -0.352 e. The molecule has 1 amide bonds. The van der Waals surface area contributed by atoms with E-state index < -0.39 is 29.2 Å². The summed E-state index contributed by atoms with van der Waals surface area (Å²) in [5.74, 6) is -0.398. The van der Waals surface area contributed by atoms with Crippen molar-refractivity contribution >= 4 is 5.91 Å². The number of unbranched alkanes of at least 4 members (excludes halogenated alkanes) is 1. The summed E-state index contributed by atoms with van der Waals surface area (Å²) in [7, 11) is 0. The molecule has 2 aromatic rings. The van der Waals surface area contributed by atoms with Gasteiger partial charge in [0, 0.05) is 19.6 Å². The lowest BCUT2D eigenvalue weighted by Gasteiger charge is -2.34. The standard InChI is InChI=1S/C22H28F4N4O/c1-15-11-16(2)14-29(13-15)10-6-5-9-27-21(31)17-12-28-30(20(17)22(24,25)26)19-8-4-3-7-18(19)23/h3-4,7-8,12,15-16H,5-6,9-11,13-14H2,1-2H3,(H,27,31). The topological polar surface area (TPSA) is 50.2 Å². The van der Waals surface area contributed by atoms with Gasteiger partial charge in [0.1, 0.15) is 11.5 Å². The lowest BCUT2D eigenvalue weighted by atomic mass is 9.92. The summed E-state index contributed by atoms with van der Waals surface area (Å²) in [4.78, 5) is 14.8. The fourth-order valence-corrected chi connectivity index (χ4v) is 4.33. The van der Waals surface area contributed by atoms with Crippen molar-refractivity contribution in [1.82, 2.24) is 20.0 Å². The summed E-state index contributed by atoms with van der Waals surface area (Å²) >= 11 is 0. The molecule has 31 heavy (non-hydrogen) atoms. The molecule has 0 aliphatic carbocycles. The van der Waals surface area contributed by atoms with Crippen molar-refractivity contribution < 1.29 is 22.4 Å². The first kappa shape index (κ1) is 23.2. The summed E-state index contributed by atoms with van der Waals surface area (Å²) in [6.07, 6.45) is -1.29. The maximum absolute atomic E-state index is 14.0. The Balaban J connectivity index is 1.60. The van der Waals surface area contributed by atoms with E-state index in [1.807, 2.05) is 0 Å². The number of nitrogens with zero attached hydrogens (tertiary/aromatic N) is 3. The molecule has 2 heterocycles. The zero-order chi connectivity index (χ0) is 22.6. The number of piperidine rings is 1. The molecule has 0 saturated carbocycles. The van der Waals surface area contributed by atoms with Crippen LogP contribution in [-0.4, -0.2) is 46.8 Å². The van der Waals surface area contributed by atoms with Crippen LogP contribution in [0.5, 0.6) is 0 Å². The number of nitrogens with one attached hydrogen (secondary N) is 1. The minimum absolute atomic E-state index is 0.264. The van der Waals surface area contributed by atoms with Gasteiger partial charge in [-0.05, 0) is 49.8 Å². The number of aromatic nitrogens is 2. The first-order valence-corrected chi connectivity index (χ1v) is 10.6. The van der Waals surface area contributed by atoms with Crippen molar-refractivity contribution in [2.45, 2.75) is 39.3 Å². The van der Waals surface area contributed by atoms with Gasteiger partial charge in [-0.3, -0.25) is 4.79 Å². The number of halogens is 4. The molecule has 1 N–H and O–H groups in total. The van der Waals surface area contributed by atoms with Gasteiger partial charge in [0.2, 0.25) is 0 Å². The molecular formula is C22H28F4N4O. The molecule has 5 nitrogen and oxygen atoms in total. The minimum atomic E-state index is -4.87. The third-order valence-corrected chi connectivity index (χ3v) is 5.49. The summed E-state index contributed by atoms with van der Waals surface area (Å²) in [6.45, 7) is 7.76. The fraction of sp³-hybridized carbons (Fsp3) is 0.545. The number of hydrogen-bond donors (Lipinski definition) is 1. The highest BCUT2D eigenvalue weighted by Crippen LogP contribution is 2.34. The van der Waals surface area contributed by atoms with Crippen molar-refractivity contribution in [3.8, 4) is 5.69 Å². The van der Waals surface area contributed by atoms with Crippen LogP contribution in [0.4, 0.5) is 17.6 Å². The van der Waals surface area contributed by atoms with Crippen LogP contribution in [0.15, 0.2) is 30.5 Å². The molecule has 2 atom stereocenters. The Labute approximate surface area is 179 Å². The molecule has 1 aliphatic heterocycles. The quantitative estimate of drug-likeness (QED) is 0.509. The normalized spacial score (nSPS) is 20.1. The van der Waals surface area contributed by atoms with Crippen molar-refractivity contribution in [2.24, 2.45) is 11.8 Å². The molecule has 0 spiro atoms. The van der Waals surface area contributed by atoms with Crippen LogP contribution in [-0.2, 0) is 6.18 Å². The zero-order valence-corrected chi connectivity index (χ0v) is 17.8. The van der Waals surface area contributed by atoms with Gasteiger partial charge in [-0.2, -0.15) is 18.3 Å². The second kappa shape index (κ2) is 9.80. The van der Waals surface area contributed by atoms with Crippen LogP contribution in [0.2, 0.25) is 0 Å². The number of carbonyl (C=O) groups is 1. The Kier molecular flexibility index (Phi) is 7.35. The van der Waals surface area contributed by atoms with Crippen LogP contribution < -0.4 is 5.32 Å². The predicted octanol–water partition coefficient (Wildman–Crippen LogP) is 4.52. The van der Waals surface area contributed by atoms with Gasteiger partial charge in [0.25, 0.3) is 5.91 Å². The Morgan fingerprint density at radius 3 is 2.48 bits per heavy atom. The Bertz CT molecular complexity index is 886. The summed E-state index contributed by atoms with van der Waals surface area (Å²) in [5.41, 5.74) is -2.26. The van der Waals surface area contributed by atoms with Crippen LogP contribution in [0, 0.1) is 17.7 Å². The maximum atomic E-state index is 14.0. The van der Waals surface area contributed by atoms with Crippen LogP contribution >= 0.6 is 0 Å². The van der Waals surface area contributed by atoms with Gasteiger partial charge in [0.15, 0.2) is 5.69 Å². The molecule has 2 unspecified atom stereocenters. The van der Waals surface area contributed by atoms with E-state index >= 15 is 0 Å². The van der Waals surface area contributed by atoms with Crippen LogP contribution in [0.3, 0.4) is 0 Å². The van der Waals surface area contributed by atoms with Crippen LogP contribution in [0.1, 0.15) is 49.2 Å². The number of amides is 1. The van der Waals surface area contributed by atoms with Gasteiger partial charge < -0.3 is 10.2 Å². The fourth-order valence-electron chi connectivity index (χ4n) is 4.33. The largest absolute Gasteiger partial charge is 0.434 e. The van der Waals surface area contributed by atoms with E-state index in [1.165, 1.54) is 24.6 Å². The van der Waals surface area contributed by atoms with Gasteiger partial charge in [-0.25, -0.2) is 9.07 Å². The molecular weight excluding hydrogens is 412 g/mol. The lowest BCUT2D eigenvalue weighted by Crippen LogP contribution is -2.39. The van der Waals surface area contributed by atoms with Crippen molar-refractivity contribution in [2.75, 3.05) is 26.2 Å². The van der Waals surface area contributed by atoms with E-state index in [1.54, 1.807) is 0 Å². The number of hydrogen-bond acceptors (Lipinski definition) is 3. The summed E-state index contributed by atoms with van der Waals surface area (Å²) in [6, 6.07) is 5.00. The van der Waals surface area contributed by atoms with Crippen molar-refractivity contribution in [3.63, 3.8) is 0 Å². The average molecular weight is 440 g/mol. The van der Waals surface area contributed by atoms with E-state index in [-0.39, 0.29) is 12.2 Å². The smallest absolute Gasteiger partial charge is 0.352 e. The van der Waals surface area contributed by atoms with E-state index in [9.17, 15) is 22.4 Å². The molecule has 1 aromatic carbocycles. The maximum Gasteiger partial charge on any atom is 0.434 e. The van der Waals surface area contributed by atoms with Crippen LogP contribution in [0.25, 0.3) is 5.69 Å². The molecule has 3 rings (SSSR count). The number of rotatable bonds is 7. The van der Waals surface area contributed by atoms with E-state index in [0.717, 1.165) is 38.3 Å². The van der Waals surface area contributed by atoms with E-state index in [4.69, 9.17) is 0 Å².